The lowest BCUT2D eigenvalue weighted by molar-refractivity contribution is 0.0696. The molecule has 0 radical (unpaired) electrons. The minimum atomic E-state index is -1.08. The molecule has 7 heteroatoms. The number of rotatable bonds is 6. The Labute approximate surface area is 105 Å². The smallest absolute Gasteiger partial charge is 0.337 e. The molecule has 18 heavy (non-hydrogen) atoms. The van der Waals surface area contributed by atoms with Crippen LogP contribution < -0.4 is 16.0 Å². The highest BCUT2D eigenvalue weighted by atomic mass is 16.4. The molecule has 0 fully saturated rings. The molecule has 0 saturated carbocycles. The van der Waals surface area contributed by atoms with Crippen molar-refractivity contribution in [3.63, 3.8) is 0 Å². The summed E-state index contributed by atoms with van der Waals surface area (Å²) in [5, 5.41) is 16.9. The Morgan fingerprint density at radius 2 is 2.11 bits per heavy atom. The summed E-state index contributed by atoms with van der Waals surface area (Å²) in [7, 11) is 1.84. The fourth-order valence-electron chi connectivity index (χ4n) is 1.27. The number of amides is 2. The van der Waals surface area contributed by atoms with Crippen LogP contribution in [0.4, 0.5) is 10.5 Å². The predicted molar refractivity (Wildman–Crippen MR) is 66.8 cm³/mol. The number of nitrogens with one attached hydrogen (secondary N) is 3. The molecule has 0 bridgehead atoms. The van der Waals surface area contributed by atoms with Gasteiger partial charge in [0.25, 0.3) is 0 Å². The molecule has 0 saturated heterocycles. The summed E-state index contributed by atoms with van der Waals surface area (Å²) in [6.45, 7) is 1.36. The van der Waals surface area contributed by atoms with Crippen molar-refractivity contribution in [3.8, 4) is 0 Å². The number of hydrogen-bond donors (Lipinski definition) is 4. The van der Waals surface area contributed by atoms with Gasteiger partial charge in [-0.05, 0) is 26.1 Å². The van der Waals surface area contributed by atoms with E-state index in [4.69, 9.17) is 5.11 Å². The van der Waals surface area contributed by atoms with Crippen molar-refractivity contribution in [1.82, 2.24) is 15.6 Å². The molecule has 0 aliphatic heterocycles. The predicted octanol–water partition coefficient (Wildman–Crippen LogP) is 0.511. The standard InChI is InChI=1S/C11H16N4O3/c1-12-3-2-4-14-11(18)15-9-5-8(10(16)17)6-13-7-9/h5-7,12H,2-4H2,1H3,(H,16,17)(H2,14,15,18). The molecule has 0 aromatic carbocycles. The highest BCUT2D eigenvalue weighted by Gasteiger charge is 2.06. The van der Waals surface area contributed by atoms with E-state index >= 15 is 0 Å². The van der Waals surface area contributed by atoms with E-state index < -0.39 is 5.97 Å². The van der Waals surface area contributed by atoms with Crippen LogP contribution in [0, 0.1) is 0 Å². The number of carboxylic acids is 1. The Morgan fingerprint density at radius 3 is 2.78 bits per heavy atom. The molecule has 1 aromatic rings. The second-order valence-electron chi connectivity index (χ2n) is 3.61. The number of urea groups is 1. The summed E-state index contributed by atoms with van der Waals surface area (Å²) in [5.74, 6) is -1.08. The van der Waals surface area contributed by atoms with Gasteiger partial charge >= 0.3 is 12.0 Å². The Morgan fingerprint density at radius 1 is 1.33 bits per heavy atom. The number of aromatic nitrogens is 1. The SMILES string of the molecule is CNCCCNC(=O)Nc1cncc(C(=O)O)c1. The molecule has 1 rings (SSSR count). The number of nitrogens with zero attached hydrogens (tertiary/aromatic N) is 1. The van der Waals surface area contributed by atoms with Gasteiger partial charge in [-0.15, -0.1) is 0 Å². The van der Waals surface area contributed by atoms with Crippen molar-refractivity contribution >= 4 is 17.7 Å². The molecule has 0 spiro atoms. The zero-order chi connectivity index (χ0) is 13.4. The van der Waals surface area contributed by atoms with Gasteiger partial charge in [0, 0.05) is 12.7 Å². The molecule has 1 aromatic heterocycles. The lowest BCUT2D eigenvalue weighted by Gasteiger charge is -2.07. The van der Waals surface area contributed by atoms with Crippen molar-refractivity contribution in [2.24, 2.45) is 0 Å². The third-order valence-electron chi connectivity index (χ3n) is 2.13. The van der Waals surface area contributed by atoms with E-state index in [0.717, 1.165) is 13.0 Å². The van der Waals surface area contributed by atoms with Crippen LogP contribution in [-0.2, 0) is 0 Å². The Balaban J connectivity index is 2.44. The fraction of sp³-hybridized carbons (Fsp3) is 0.364. The second-order valence-corrected chi connectivity index (χ2v) is 3.61. The summed E-state index contributed by atoms with van der Waals surface area (Å²) in [4.78, 5) is 25.9. The molecule has 2 amide bonds. The van der Waals surface area contributed by atoms with Crippen molar-refractivity contribution in [2.75, 3.05) is 25.5 Å². The minimum absolute atomic E-state index is 0.0305. The molecule has 0 atom stereocenters. The molecular weight excluding hydrogens is 236 g/mol. The van der Waals surface area contributed by atoms with E-state index in [-0.39, 0.29) is 11.6 Å². The van der Waals surface area contributed by atoms with Crippen molar-refractivity contribution in [1.29, 1.82) is 0 Å². The first kappa shape index (κ1) is 13.9. The number of carbonyl (C=O) groups is 2. The highest BCUT2D eigenvalue weighted by Crippen LogP contribution is 2.07. The zero-order valence-electron chi connectivity index (χ0n) is 10.1. The first-order chi connectivity index (χ1) is 8.63. The number of aromatic carboxylic acids is 1. The van der Waals surface area contributed by atoms with E-state index in [0.29, 0.717) is 12.2 Å². The monoisotopic (exact) mass is 252 g/mol. The number of anilines is 1. The van der Waals surface area contributed by atoms with Gasteiger partial charge in [-0.2, -0.15) is 0 Å². The summed E-state index contributed by atoms with van der Waals surface area (Å²) in [5.41, 5.74) is 0.379. The Bertz CT molecular complexity index is 423. The summed E-state index contributed by atoms with van der Waals surface area (Å²) in [6, 6.07) is 0.970. The van der Waals surface area contributed by atoms with E-state index in [1.165, 1.54) is 18.5 Å². The van der Waals surface area contributed by atoms with Crippen LogP contribution >= 0.6 is 0 Å². The third kappa shape index (κ3) is 4.79. The first-order valence-electron chi connectivity index (χ1n) is 5.51. The second kappa shape index (κ2) is 7.23. The quantitative estimate of drug-likeness (QED) is 0.552. The van der Waals surface area contributed by atoms with Crippen molar-refractivity contribution < 1.29 is 14.7 Å². The minimum Gasteiger partial charge on any atom is -0.478 e. The van der Waals surface area contributed by atoms with E-state index in [9.17, 15) is 9.59 Å². The first-order valence-corrected chi connectivity index (χ1v) is 5.51. The van der Waals surface area contributed by atoms with Gasteiger partial charge in [0.2, 0.25) is 0 Å². The Kier molecular flexibility index (Phi) is 5.59. The van der Waals surface area contributed by atoms with Crippen LogP contribution in [0.2, 0.25) is 0 Å². The number of hydrogen-bond acceptors (Lipinski definition) is 4. The van der Waals surface area contributed by atoms with Gasteiger partial charge in [0.05, 0.1) is 17.4 Å². The number of pyridine rings is 1. The number of carbonyl (C=O) groups excluding carboxylic acids is 1. The summed E-state index contributed by atoms with van der Waals surface area (Å²) < 4.78 is 0. The molecule has 0 aliphatic rings. The normalized spacial score (nSPS) is 9.83. The van der Waals surface area contributed by atoms with Crippen LogP contribution in [0.1, 0.15) is 16.8 Å². The summed E-state index contributed by atoms with van der Waals surface area (Å²) in [6.07, 6.45) is 3.43. The highest BCUT2D eigenvalue weighted by molar-refractivity contribution is 5.92. The molecule has 7 nitrogen and oxygen atoms in total. The van der Waals surface area contributed by atoms with E-state index in [2.05, 4.69) is 20.9 Å². The van der Waals surface area contributed by atoms with Gasteiger partial charge in [0.15, 0.2) is 0 Å². The molecule has 0 unspecified atom stereocenters. The van der Waals surface area contributed by atoms with E-state index in [1.807, 2.05) is 7.05 Å². The largest absolute Gasteiger partial charge is 0.478 e. The van der Waals surface area contributed by atoms with Crippen molar-refractivity contribution in [2.45, 2.75) is 6.42 Å². The molecule has 0 aliphatic carbocycles. The average molecular weight is 252 g/mol. The topological polar surface area (TPSA) is 103 Å². The van der Waals surface area contributed by atoms with Gasteiger partial charge < -0.3 is 21.1 Å². The maximum Gasteiger partial charge on any atom is 0.337 e. The van der Waals surface area contributed by atoms with Gasteiger partial charge in [-0.1, -0.05) is 0 Å². The molecular formula is C11H16N4O3. The van der Waals surface area contributed by atoms with Crippen molar-refractivity contribution in [3.05, 3.63) is 24.0 Å². The lowest BCUT2D eigenvalue weighted by Crippen LogP contribution is -2.30. The van der Waals surface area contributed by atoms with Crippen LogP contribution in [-0.4, -0.2) is 42.2 Å². The summed E-state index contributed by atoms with van der Waals surface area (Å²) >= 11 is 0. The molecule has 1 heterocycles. The maximum absolute atomic E-state index is 11.4. The van der Waals surface area contributed by atoms with E-state index in [1.54, 1.807) is 0 Å². The van der Waals surface area contributed by atoms with Crippen LogP contribution in [0.5, 0.6) is 0 Å². The van der Waals surface area contributed by atoms with Gasteiger partial charge in [-0.3, -0.25) is 4.98 Å². The van der Waals surface area contributed by atoms with Crippen LogP contribution in [0.3, 0.4) is 0 Å². The average Bonchev–Trinajstić information content (AvgIpc) is 2.35. The van der Waals surface area contributed by atoms with Gasteiger partial charge in [0.1, 0.15) is 0 Å². The number of carboxylic acid groups (broad SMARTS) is 1. The van der Waals surface area contributed by atoms with Crippen LogP contribution in [0.25, 0.3) is 0 Å². The Hall–Kier alpha value is -2.15. The fourth-order valence-corrected chi connectivity index (χ4v) is 1.27. The zero-order valence-corrected chi connectivity index (χ0v) is 10.1. The lowest BCUT2D eigenvalue weighted by atomic mass is 10.3. The maximum atomic E-state index is 11.4. The van der Waals surface area contributed by atoms with Gasteiger partial charge in [-0.25, -0.2) is 9.59 Å². The molecule has 98 valence electrons. The van der Waals surface area contributed by atoms with Crippen LogP contribution in [0.15, 0.2) is 18.5 Å². The molecule has 4 N–H and O–H groups in total. The third-order valence-corrected chi connectivity index (χ3v) is 2.13.